The van der Waals surface area contributed by atoms with Gasteiger partial charge in [-0.05, 0) is 26.2 Å². The van der Waals surface area contributed by atoms with Gasteiger partial charge in [-0.25, -0.2) is 4.98 Å². The molecule has 7 heteroatoms. The zero-order chi connectivity index (χ0) is 15.4. The molecule has 1 fully saturated rings. The molecule has 21 heavy (non-hydrogen) atoms. The van der Waals surface area contributed by atoms with Gasteiger partial charge in [0.25, 0.3) is 5.91 Å². The molecule has 116 valence electrons. The summed E-state index contributed by atoms with van der Waals surface area (Å²) in [6, 6.07) is -0.138. The summed E-state index contributed by atoms with van der Waals surface area (Å²) >= 11 is 1.40. The number of carboxylic acid groups (broad SMARTS) is 1. The average molecular weight is 312 g/mol. The maximum atomic E-state index is 12.5. The summed E-state index contributed by atoms with van der Waals surface area (Å²) in [5.74, 6) is -1.34. The van der Waals surface area contributed by atoms with E-state index >= 15 is 0 Å². The molecule has 2 heterocycles. The maximum Gasteiger partial charge on any atom is 0.323 e. The van der Waals surface area contributed by atoms with Gasteiger partial charge in [-0.3, -0.25) is 9.59 Å². The van der Waals surface area contributed by atoms with E-state index in [1.54, 1.807) is 5.38 Å². The predicted octanol–water partition coefficient (Wildman–Crippen LogP) is 2.32. The minimum Gasteiger partial charge on any atom is -0.480 e. The molecule has 1 saturated heterocycles. The van der Waals surface area contributed by atoms with E-state index in [-0.39, 0.29) is 24.6 Å². The van der Waals surface area contributed by atoms with Crippen molar-refractivity contribution in [3.05, 3.63) is 16.1 Å². The van der Waals surface area contributed by atoms with Crippen LogP contribution < -0.4 is 0 Å². The van der Waals surface area contributed by atoms with Crippen LogP contribution in [0.3, 0.4) is 0 Å². The Kier molecular flexibility index (Phi) is 5.30. The lowest BCUT2D eigenvalue weighted by Crippen LogP contribution is -2.42. The minimum atomic E-state index is -1.02. The van der Waals surface area contributed by atoms with Crippen LogP contribution in [0.25, 0.3) is 0 Å². The Morgan fingerprint density at radius 3 is 2.95 bits per heavy atom. The number of nitrogens with zero attached hydrogens (tertiary/aromatic N) is 2. The Bertz CT molecular complexity index is 511. The predicted molar refractivity (Wildman–Crippen MR) is 78.5 cm³/mol. The van der Waals surface area contributed by atoms with Crippen molar-refractivity contribution in [1.82, 2.24) is 9.88 Å². The topological polar surface area (TPSA) is 79.7 Å². The van der Waals surface area contributed by atoms with Crippen molar-refractivity contribution in [3.63, 3.8) is 0 Å². The lowest BCUT2D eigenvalue weighted by molar-refractivity contribution is -0.138. The van der Waals surface area contributed by atoms with Crippen LogP contribution >= 0.6 is 11.3 Å². The summed E-state index contributed by atoms with van der Waals surface area (Å²) in [6.07, 6.45) is 2.60. The molecule has 1 aromatic rings. The number of amides is 1. The minimum absolute atomic E-state index is 0.0203. The van der Waals surface area contributed by atoms with Crippen molar-refractivity contribution in [2.45, 2.75) is 45.3 Å². The van der Waals surface area contributed by atoms with Gasteiger partial charge in [0.05, 0.1) is 0 Å². The summed E-state index contributed by atoms with van der Waals surface area (Å²) in [7, 11) is 0. The lowest BCUT2D eigenvalue weighted by Gasteiger charge is -2.26. The largest absolute Gasteiger partial charge is 0.480 e. The molecule has 0 aromatic carbocycles. The maximum absolute atomic E-state index is 12.5. The number of ether oxygens (including phenoxy) is 1. The molecule has 6 nitrogen and oxygen atoms in total. The third kappa shape index (κ3) is 3.79. The van der Waals surface area contributed by atoms with Gasteiger partial charge in [-0.2, -0.15) is 0 Å². The van der Waals surface area contributed by atoms with Crippen molar-refractivity contribution >= 4 is 23.2 Å². The molecule has 0 spiro atoms. The molecule has 2 unspecified atom stereocenters. The van der Waals surface area contributed by atoms with E-state index in [9.17, 15) is 9.59 Å². The molecule has 0 aliphatic carbocycles. The highest BCUT2D eigenvalue weighted by atomic mass is 32.1. The van der Waals surface area contributed by atoms with Crippen LogP contribution in [-0.2, 0) is 9.53 Å². The number of carboxylic acids is 1. The Morgan fingerprint density at radius 2 is 2.38 bits per heavy atom. The van der Waals surface area contributed by atoms with Crippen molar-refractivity contribution in [1.29, 1.82) is 0 Å². The highest BCUT2D eigenvalue weighted by Gasteiger charge is 2.27. The molecule has 1 N–H and O–H groups in total. The molecule has 2 atom stereocenters. The van der Waals surface area contributed by atoms with Gasteiger partial charge >= 0.3 is 5.97 Å². The van der Waals surface area contributed by atoms with Crippen LogP contribution in [0.5, 0.6) is 0 Å². The molecule has 2 rings (SSSR count). The van der Waals surface area contributed by atoms with Crippen molar-refractivity contribution in [3.8, 4) is 0 Å². The molecule has 1 aliphatic rings. The van der Waals surface area contributed by atoms with Crippen LogP contribution in [0.2, 0.25) is 0 Å². The van der Waals surface area contributed by atoms with Crippen LogP contribution in [0, 0.1) is 0 Å². The molecule has 1 aromatic heterocycles. The van der Waals surface area contributed by atoms with Crippen LogP contribution in [0.15, 0.2) is 5.38 Å². The van der Waals surface area contributed by atoms with E-state index in [0.717, 1.165) is 24.5 Å². The van der Waals surface area contributed by atoms with E-state index in [2.05, 4.69) is 4.98 Å². The van der Waals surface area contributed by atoms with Gasteiger partial charge in [-0.1, -0.05) is 6.92 Å². The first-order valence-electron chi connectivity index (χ1n) is 7.12. The fraction of sp³-hybridized carbons (Fsp3) is 0.643. The number of rotatable bonds is 6. The second-order valence-electron chi connectivity index (χ2n) is 5.16. The first-order valence-corrected chi connectivity index (χ1v) is 8.00. The zero-order valence-corrected chi connectivity index (χ0v) is 13.1. The summed E-state index contributed by atoms with van der Waals surface area (Å²) in [4.78, 5) is 29.1. The SMILES string of the molecule is CCC(C)N(CC(=O)O)C(=O)c1csc(C2CCCO2)n1. The van der Waals surface area contributed by atoms with Gasteiger partial charge in [-0.15, -0.1) is 11.3 Å². The normalized spacial score (nSPS) is 19.4. The fourth-order valence-corrected chi connectivity index (χ4v) is 3.12. The van der Waals surface area contributed by atoms with E-state index in [1.807, 2.05) is 13.8 Å². The number of hydrogen-bond acceptors (Lipinski definition) is 5. The number of thiazole rings is 1. The van der Waals surface area contributed by atoms with Crippen LogP contribution in [0.1, 0.15) is 54.7 Å². The number of hydrogen-bond donors (Lipinski definition) is 1. The van der Waals surface area contributed by atoms with Crippen LogP contribution in [-0.4, -0.2) is 46.1 Å². The number of carbonyl (C=O) groups is 2. The molecule has 0 saturated carbocycles. The standard InChI is InChI=1S/C14H20N2O4S/c1-3-9(2)16(7-12(17)18)14(19)10-8-21-13(15-10)11-5-4-6-20-11/h8-9,11H,3-7H2,1-2H3,(H,17,18). The molecule has 0 bridgehead atoms. The lowest BCUT2D eigenvalue weighted by atomic mass is 10.2. The van der Waals surface area contributed by atoms with Crippen molar-refractivity contribution in [2.75, 3.05) is 13.2 Å². The second kappa shape index (κ2) is 7.00. The molecule has 0 radical (unpaired) electrons. The number of aliphatic carboxylic acids is 1. The van der Waals surface area contributed by atoms with E-state index in [0.29, 0.717) is 12.1 Å². The molecular formula is C14H20N2O4S. The highest BCUT2D eigenvalue weighted by molar-refractivity contribution is 7.09. The summed E-state index contributed by atoms with van der Waals surface area (Å²) in [5, 5.41) is 11.5. The number of carbonyl (C=O) groups excluding carboxylic acids is 1. The quantitative estimate of drug-likeness (QED) is 0.872. The van der Waals surface area contributed by atoms with Gasteiger partial charge in [0.1, 0.15) is 23.4 Å². The first-order chi connectivity index (χ1) is 10.0. The zero-order valence-electron chi connectivity index (χ0n) is 12.2. The van der Waals surface area contributed by atoms with Crippen molar-refractivity contribution in [2.24, 2.45) is 0 Å². The first kappa shape index (κ1) is 15.9. The Labute approximate surface area is 127 Å². The molecule has 1 amide bonds. The number of aromatic nitrogens is 1. The van der Waals surface area contributed by atoms with Gasteiger partial charge in [0, 0.05) is 18.0 Å². The molecular weight excluding hydrogens is 292 g/mol. The average Bonchev–Trinajstić information content (AvgIpc) is 3.12. The molecule has 1 aliphatic heterocycles. The van der Waals surface area contributed by atoms with Crippen LogP contribution in [0.4, 0.5) is 0 Å². The summed E-state index contributed by atoms with van der Waals surface area (Å²) in [5.41, 5.74) is 0.312. The summed E-state index contributed by atoms with van der Waals surface area (Å²) < 4.78 is 5.55. The van der Waals surface area contributed by atoms with E-state index in [4.69, 9.17) is 9.84 Å². The second-order valence-corrected chi connectivity index (χ2v) is 6.05. The smallest absolute Gasteiger partial charge is 0.323 e. The third-order valence-corrected chi connectivity index (χ3v) is 4.57. The van der Waals surface area contributed by atoms with Crippen molar-refractivity contribution < 1.29 is 19.4 Å². The van der Waals surface area contributed by atoms with Gasteiger partial charge in [0.2, 0.25) is 0 Å². The van der Waals surface area contributed by atoms with Gasteiger partial charge < -0.3 is 14.7 Å². The van der Waals surface area contributed by atoms with E-state index in [1.165, 1.54) is 16.2 Å². The Hall–Kier alpha value is -1.47. The summed E-state index contributed by atoms with van der Waals surface area (Å²) in [6.45, 7) is 4.19. The highest BCUT2D eigenvalue weighted by Crippen LogP contribution is 2.30. The van der Waals surface area contributed by atoms with E-state index < -0.39 is 5.97 Å². The Balaban J connectivity index is 2.14. The van der Waals surface area contributed by atoms with Gasteiger partial charge in [0.15, 0.2) is 0 Å². The Morgan fingerprint density at radius 1 is 1.62 bits per heavy atom. The monoisotopic (exact) mass is 312 g/mol. The third-order valence-electron chi connectivity index (χ3n) is 3.64. The fourth-order valence-electron chi connectivity index (χ4n) is 2.25.